The molecule has 0 spiro atoms. The van der Waals surface area contributed by atoms with Crippen molar-refractivity contribution in [3.05, 3.63) is 29.8 Å². The Hall–Kier alpha value is -1.76. The zero-order chi connectivity index (χ0) is 15.5. The molecular weight excluding hydrogens is 283 g/mol. The summed E-state index contributed by atoms with van der Waals surface area (Å²) in [6.45, 7) is -0.776. The zero-order valence-electron chi connectivity index (χ0n) is 11.5. The Kier molecular flexibility index (Phi) is 4.72. The van der Waals surface area contributed by atoms with Crippen molar-refractivity contribution in [3.63, 3.8) is 0 Å². The highest BCUT2D eigenvalue weighted by Gasteiger charge is 2.32. The van der Waals surface area contributed by atoms with E-state index in [1.165, 1.54) is 0 Å². The van der Waals surface area contributed by atoms with E-state index in [9.17, 15) is 18.0 Å². The van der Waals surface area contributed by atoms with Crippen molar-refractivity contribution < 1.29 is 18.0 Å². The number of nitrogens with one attached hydrogen (secondary N) is 1. The van der Waals surface area contributed by atoms with Gasteiger partial charge in [-0.05, 0) is 30.5 Å². The summed E-state index contributed by atoms with van der Waals surface area (Å²) in [5.41, 5.74) is 7.24. The first-order chi connectivity index (χ1) is 9.83. The minimum Gasteiger partial charge on any atom is -0.399 e. The Bertz CT molecular complexity index is 483. The maximum absolute atomic E-state index is 12.1. The molecule has 1 fully saturated rings. The third-order valence-corrected chi connectivity index (χ3v) is 3.26. The summed E-state index contributed by atoms with van der Waals surface area (Å²) < 4.78 is 36.2. The third-order valence-electron chi connectivity index (χ3n) is 3.26. The number of alkyl halides is 3. The molecule has 0 aromatic heterocycles. The van der Waals surface area contributed by atoms with Crippen LogP contribution in [0.15, 0.2) is 24.3 Å². The van der Waals surface area contributed by atoms with Gasteiger partial charge in [0.05, 0.1) is 6.54 Å². The van der Waals surface area contributed by atoms with E-state index in [1.54, 1.807) is 12.1 Å². The number of carbonyl (C=O) groups excluding carboxylic acids is 1. The van der Waals surface area contributed by atoms with Gasteiger partial charge in [0.15, 0.2) is 0 Å². The number of nitrogen functional groups attached to an aromatic ring is 1. The van der Waals surface area contributed by atoms with Crippen molar-refractivity contribution in [2.24, 2.45) is 0 Å². The van der Waals surface area contributed by atoms with Gasteiger partial charge >= 0.3 is 6.18 Å². The Balaban J connectivity index is 1.87. The van der Waals surface area contributed by atoms with Crippen LogP contribution in [-0.4, -0.2) is 36.1 Å². The van der Waals surface area contributed by atoms with Crippen molar-refractivity contribution in [1.82, 2.24) is 10.2 Å². The second-order valence-corrected chi connectivity index (χ2v) is 5.27. The lowest BCUT2D eigenvalue weighted by atomic mass is 10.2. The molecule has 116 valence electrons. The first kappa shape index (κ1) is 15.6. The molecule has 1 aromatic rings. The number of anilines is 1. The lowest BCUT2D eigenvalue weighted by molar-refractivity contribution is -0.139. The minimum absolute atomic E-state index is 0.0227. The van der Waals surface area contributed by atoms with Gasteiger partial charge in [-0.25, -0.2) is 0 Å². The van der Waals surface area contributed by atoms with Gasteiger partial charge in [0, 0.05) is 18.3 Å². The minimum atomic E-state index is -4.38. The van der Waals surface area contributed by atoms with Crippen molar-refractivity contribution >= 4 is 11.6 Å². The number of halogens is 3. The summed E-state index contributed by atoms with van der Waals surface area (Å²) in [4.78, 5) is 13.5. The second kappa shape index (κ2) is 6.34. The molecule has 0 heterocycles. The molecule has 3 N–H and O–H groups in total. The first-order valence-electron chi connectivity index (χ1n) is 6.75. The van der Waals surface area contributed by atoms with Crippen molar-refractivity contribution in [2.75, 3.05) is 18.8 Å². The molecular formula is C14H18F3N3O. The summed E-state index contributed by atoms with van der Waals surface area (Å²) in [5, 5.41) is 1.91. The van der Waals surface area contributed by atoms with Crippen LogP contribution < -0.4 is 11.1 Å². The molecule has 2 rings (SSSR count). The smallest absolute Gasteiger partial charge is 0.399 e. The van der Waals surface area contributed by atoms with E-state index in [-0.39, 0.29) is 12.6 Å². The van der Waals surface area contributed by atoms with E-state index in [0.29, 0.717) is 12.2 Å². The molecule has 21 heavy (non-hydrogen) atoms. The number of benzene rings is 1. The molecule has 1 aliphatic rings. The van der Waals surface area contributed by atoms with Crippen molar-refractivity contribution in [1.29, 1.82) is 0 Å². The Morgan fingerprint density at radius 2 is 1.90 bits per heavy atom. The quantitative estimate of drug-likeness (QED) is 0.789. The van der Waals surface area contributed by atoms with Gasteiger partial charge in [-0.15, -0.1) is 0 Å². The summed E-state index contributed by atoms with van der Waals surface area (Å²) in [5.74, 6) is -0.602. The van der Waals surface area contributed by atoms with Crippen LogP contribution in [0.5, 0.6) is 0 Å². The first-order valence-corrected chi connectivity index (χ1v) is 6.75. The number of carbonyl (C=O) groups is 1. The largest absolute Gasteiger partial charge is 0.405 e. The van der Waals surface area contributed by atoms with Crippen LogP contribution in [-0.2, 0) is 11.3 Å². The Morgan fingerprint density at radius 1 is 1.29 bits per heavy atom. The highest BCUT2D eigenvalue weighted by atomic mass is 19.4. The van der Waals surface area contributed by atoms with E-state index in [0.717, 1.165) is 18.4 Å². The predicted octanol–water partition coefficient (Wildman–Crippen LogP) is 1.91. The van der Waals surface area contributed by atoms with Crippen molar-refractivity contribution in [3.8, 4) is 0 Å². The molecule has 1 saturated carbocycles. The lowest BCUT2D eigenvalue weighted by Crippen LogP contribution is -2.41. The Labute approximate surface area is 121 Å². The van der Waals surface area contributed by atoms with E-state index < -0.39 is 18.6 Å². The van der Waals surface area contributed by atoms with Gasteiger partial charge in [0.1, 0.15) is 6.54 Å². The number of hydrogen-bond donors (Lipinski definition) is 2. The number of hydrogen-bond acceptors (Lipinski definition) is 3. The van der Waals surface area contributed by atoms with Crippen LogP contribution in [0.4, 0.5) is 18.9 Å². The van der Waals surface area contributed by atoms with E-state index in [2.05, 4.69) is 0 Å². The van der Waals surface area contributed by atoms with Crippen LogP contribution in [0.1, 0.15) is 18.4 Å². The van der Waals surface area contributed by atoms with E-state index >= 15 is 0 Å². The van der Waals surface area contributed by atoms with Gasteiger partial charge < -0.3 is 11.1 Å². The van der Waals surface area contributed by atoms with Gasteiger partial charge in [0.25, 0.3) is 0 Å². The molecule has 1 aromatic carbocycles. The monoisotopic (exact) mass is 301 g/mol. The predicted molar refractivity (Wildman–Crippen MR) is 73.4 cm³/mol. The van der Waals surface area contributed by atoms with Crippen LogP contribution >= 0.6 is 0 Å². The Morgan fingerprint density at radius 3 is 2.43 bits per heavy atom. The maximum atomic E-state index is 12.1. The summed E-state index contributed by atoms with van der Waals surface area (Å²) >= 11 is 0. The molecule has 1 amide bonds. The SMILES string of the molecule is Nc1ccc(CN(CC(=O)NCC(F)(F)F)C2CC2)cc1. The molecule has 4 nitrogen and oxygen atoms in total. The van der Waals surface area contributed by atoms with Crippen LogP contribution in [0.2, 0.25) is 0 Å². The number of nitrogens with zero attached hydrogens (tertiary/aromatic N) is 1. The maximum Gasteiger partial charge on any atom is 0.405 e. The highest BCUT2D eigenvalue weighted by Crippen LogP contribution is 2.28. The fourth-order valence-corrected chi connectivity index (χ4v) is 2.05. The molecule has 1 aliphatic carbocycles. The molecule has 0 atom stereocenters. The van der Waals surface area contributed by atoms with Gasteiger partial charge in [-0.2, -0.15) is 13.2 Å². The van der Waals surface area contributed by atoms with Crippen LogP contribution in [0.25, 0.3) is 0 Å². The van der Waals surface area contributed by atoms with Gasteiger partial charge in [0.2, 0.25) is 5.91 Å². The summed E-state index contributed by atoms with van der Waals surface area (Å²) in [7, 11) is 0. The number of rotatable bonds is 6. The second-order valence-electron chi connectivity index (χ2n) is 5.27. The fourth-order valence-electron chi connectivity index (χ4n) is 2.05. The molecule has 0 unspecified atom stereocenters. The van der Waals surface area contributed by atoms with Gasteiger partial charge in [-0.3, -0.25) is 9.69 Å². The topological polar surface area (TPSA) is 58.4 Å². The number of amides is 1. The van der Waals surface area contributed by atoms with E-state index in [1.807, 2.05) is 22.3 Å². The van der Waals surface area contributed by atoms with Gasteiger partial charge in [-0.1, -0.05) is 12.1 Å². The average molecular weight is 301 g/mol. The summed E-state index contributed by atoms with van der Waals surface area (Å²) in [6.07, 6.45) is -2.43. The molecule has 0 bridgehead atoms. The van der Waals surface area contributed by atoms with Crippen LogP contribution in [0, 0.1) is 0 Å². The zero-order valence-corrected chi connectivity index (χ0v) is 11.5. The average Bonchev–Trinajstić information content (AvgIpc) is 3.22. The van der Waals surface area contributed by atoms with Crippen molar-refractivity contribution in [2.45, 2.75) is 31.6 Å². The molecule has 0 saturated heterocycles. The van der Waals surface area contributed by atoms with E-state index in [4.69, 9.17) is 5.73 Å². The molecule has 0 radical (unpaired) electrons. The molecule has 7 heteroatoms. The fraction of sp³-hybridized carbons (Fsp3) is 0.500. The summed E-state index contributed by atoms with van der Waals surface area (Å²) in [6, 6.07) is 7.53. The lowest BCUT2D eigenvalue weighted by Gasteiger charge is -2.21. The number of nitrogens with two attached hydrogens (primary N) is 1. The standard InChI is InChI=1S/C14H18F3N3O/c15-14(16,17)9-19-13(21)8-20(12-5-6-12)7-10-1-3-11(18)4-2-10/h1-4,12H,5-9,18H2,(H,19,21). The molecule has 0 aliphatic heterocycles. The normalized spacial score (nSPS) is 15.2. The third kappa shape index (κ3) is 5.63. The highest BCUT2D eigenvalue weighted by molar-refractivity contribution is 5.78. The van der Waals surface area contributed by atoms with Crippen LogP contribution in [0.3, 0.4) is 0 Å².